The summed E-state index contributed by atoms with van der Waals surface area (Å²) < 4.78 is 3.13. The first kappa shape index (κ1) is 15.3. The lowest BCUT2D eigenvalue weighted by molar-refractivity contribution is 0.292. The summed E-state index contributed by atoms with van der Waals surface area (Å²) in [6, 6.07) is 0. The average Bonchev–Trinajstić information content (AvgIpc) is 2.77. The zero-order valence-electron chi connectivity index (χ0n) is 12.3. The van der Waals surface area contributed by atoms with Crippen LogP contribution in [0.15, 0.2) is 9.59 Å². The van der Waals surface area contributed by atoms with Crippen molar-refractivity contribution in [2.45, 2.75) is 32.7 Å². The molecule has 21 heavy (non-hydrogen) atoms. The summed E-state index contributed by atoms with van der Waals surface area (Å²) in [5.74, 6) is 0.514. The quantitative estimate of drug-likeness (QED) is 0.624. The lowest BCUT2D eigenvalue weighted by Gasteiger charge is -2.04. The lowest BCUT2D eigenvalue weighted by Crippen LogP contribution is -2.31. The Balaban J connectivity index is 2.51. The summed E-state index contributed by atoms with van der Waals surface area (Å²) in [4.78, 5) is 30.6. The van der Waals surface area contributed by atoms with Crippen molar-refractivity contribution in [2.24, 2.45) is 7.05 Å². The number of imidazole rings is 1. The molecule has 2 aromatic heterocycles. The van der Waals surface area contributed by atoms with Gasteiger partial charge in [-0.1, -0.05) is 13.3 Å². The first-order chi connectivity index (χ1) is 10.1. The first-order valence-electron chi connectivity index (χ1n) is 7.14. The second-order valence-electron chi connectivity index (χ2n) is 4.94. The molecule has 0 aliphatic rings. The third-order valence-corrected chi connectivity index (χ3v) is 3.37. The minimum atomic E-state index is -0.437. The van der Waals surface area contributed by atoms with Crippen LogP contribution in [0, 0.1) is 0 Å². The third kappa shape index (κ3) is 2.99. The Hall–Kier alpha value is -2.09. The Morgan fingerprint density at radius 2 is 2.10 bits per heavy atom. The largest absolute Gasteiger partial charge is 0.396 e. The van der Waals surface area contributed by atoms with Gasteiger partial charge in [-0.2, -0.15) is 4.98 Å². The van der Waals surface area contributed by atoms with Crippen LogP contribution in [0.5, 0.6) is 0 Å². The second-order valence-corrected chi connectivity index (χ2v) is 4.94. The molecule has 0 radical (unpaired) electrons. The number of aryl methyl sites for hydroxylation is 2. The highest BCUT2D eigenvalue weighted by molar-refractivity contribution is 5.73. The molecule has 0 aliphatic heterocycles. The average molecular weight is 295 g/mol. The Labute approximate surface area is 121 Å². The number of aromatic amines is 1. The van der Waals surface area contributed by atoms with Crippen LogP contribution in [0.2, 0.25) is 0 Å². The van der Waals surface area contributed by atoms with Crippen molar-refractivity contribution in [3.63, 3.8) is 0 Å². The van der Waals surface area contributed by atoms with Gasteiger partial charge in [0.1, 0.15) is 0 Å². The Morgan fingerprint density at radius 1 is 1.33 bits per heavy atom. The van der Waals surface area contributed by atoms with E-state index in [1.807, 2.05) is 6.92 Å². The molecule has 2 heterocycles. The molecule has 8 heteroatoms. The van der Waals surface area contributed by atoms with E-state index in [-0.39, 0.29) is 6.61 Å². The summed E-state index contributed by atoms with van der Waals surface area (Å²) in [5.41, 5.74) is -0.0997. The molecular formula is C13H21N5O3. The topological polar surface area (TPSA) is 105 Å². The number of anilines is 1. The molecule has 0 atom stereocenters. The Bertz CT molecular complexity index is 728. The molecular weight excluding hydrogens is 274 g/mol. The van der Waals surface area contributed by atoms with E-state index in [4.69, 9.17) is 5.11 Å². The van der Waals surface area contributed by atoms with Gasteiger partial charge in [-0.15, -0.1) is 0 Å². The van der Waals surface area contributed by atoms with Crippen molar-refractivity contribution in [1.29, 1.82) is 0 Å². The van der Waals surface area contributed by atoms with Crippen molar-refractivity contribution in [3.05, 3.63) is 20.8 Å². The van der Waals surface area contributed by atoms with E-state index in [1.54, 1.807) is 11.6 Å². The van der Waals surface area contributed by atoms with Crippen LogP contribution >= 0.6 is 0 Å². The predicted molar refractivity (Wildman–Crippen MR) is 80.7 cm³/mol. The number of aromatic nitrogens is 4. The van der Waals surface area contributed by atoms with Crippen molar-refractivity contribution in [2.75, 3.05) is 18.5 Å². The van der Waals surface area contributed by atoms with Crippen LogP contribution in [0.4, 0.5) is 5.95 Å². The van der Waals surface area contributed by atoms with Gasteiger partial charge in [-0.05, 0) is 12.8 Å². The lowest BCUT2D eigenvalue weighted by atomic mass is 10.3. The maximum absolute atomic E-state index is 12.0. The Morgan fingerprint density at radius 3 is 2.76 bits per heavy atom. The number of aliphatic hydroxyl groups excluding tert-OH is 1. The molecule has 2 aromatic rings. The highest BCUT2D eigenvalue weighted by Gasteiger charge is 2.15. The monoisotopic (exact) mass is 295 g/mol. The van der Waals surface area contributed by atoms with E-state index in [0.717, 1.165) is 12.8 Å². The zero-order chi connectivity index (χ0) is 15.4. The maximum atomic E-state index is 12.0. The smallest absolute Gasteiger partial charge is 0.330 e. The van der Waals surface area contributed by atoms with E-state index in [1.165, 1.54) is 4.57 Å². The molecule has 0 bridgehead atoms. The maximum Gasteiger partial charge on any atom is 0.330 e. The van der Waals surface area contributed by atoms with Gasteiger partial charge < -0.3 is 15.0 Å². The standard InChI is InChI=1S/C13H21N5O3/c1-3-4-7-18-10-9(11(20)16-13(18)21)17(2)12(15-10)14-6-5-8-19/h19H,3-8H2,1-2H3,(H,14,15)(H,16,20,21). The summed E-state index contributed by atoms with van der Waals surface area (Å²) >= 11 is 0. The molecule has 0 spiro atoms. The summed E-state index contributed by atoms with van der Waals surface area (Å²) in [6.07, 6.45) is 2.37. The van der Waals surface area contributed by atoms with E-state index in [9.17, 15) is 9.59 Å². The fraction of sp³-hybridized carbons (Fsp3) is 0.615. The molecule has 0 aliphatic carbocycles. The highest BCUT2D eigenvalue weighted by Crippen LogP contribution is 2.13. The van der Waals surface area contributed by atoms with Gasteiger partial charge >= 0.3 is 5.69 Å². The molecule has 0 unspecified atom stereocenters. The number of rotatable bonds is 7. The fourth-order valence-electron chi connectivity index (χ4n) is 2.21. The van der Waals surface area contributed by atoms with Crippen LogP contribution in [0.1, 0.15) is 26.2 Å². The minimum absolute atomic E-state index is 0.0821. The van der Waals surface area contributed by atoms with Crippen molar-refractivity contribution in [1.82, 2.24) is 19.1 Å². The van der Waals surface area contributed by atoms with Crippen molar-refractivity contribution in [3.8, 4) is 0 Å². The number of H-pyrrole nitrogens is 1. The van der Waals surface area contributed by atoms with E-state index < -0.39 is 11.2 Å². The number of fused-ring (bicyclic) bond motifs is 1. The van der Waals surface area contributed by atoms with E-state index in [2.05, 4.69) is 15.3 Å². The van der Waals surface area contributed by atoms with Gasteiger partial charge in [0.15, 0.2) is 11.2 Å². The predicted octanol–water partition coefficient (Wildman–Crippen LogP) is 0.0177. The zero-order valence-corrected chi connectivity index (χ0v) is 12.3. The SMILES string of the molecule is CCCCn1c(=O)[nH]c(=O)c2c1nc(NCCCO)n2C. The molecule has 3 N–H and O–H groups in total. The van der Waals surface area contributed by atoms with E-state index in [0.29, 0.717) is 36.6 Å². The molecule has 0 aromatic carbocycles. The van der Waals surface area contributed by atoms with Crippen molar-refractivity contribution < 1.29 is 5.11 Å². The van der Waals surface area contributed by atoms with Crippen molar-refractivity contribution >= 4 is 17.1 Å². The third-order valence-electron chi connectivity index (χ3n) is 3.37. The van der Waals surface area contributed by atoms with Gasteiger partial charge in [0.2, 0.25) is 5.95 Å². The van der Waals surface area contributed by atoms with Crippen LogP contribution in [0.3, 0.4) is 0 Å². The normalized spacial score (nSPS) is 11.2. The highest BCUT2D eigenvalue weighted by atomic mass is 16.3. The molecule has 116 valence electrons. The number of unbranched alkanes of at least 4 members (excludes halogenated alkanes) is 1. The van der Waals surface area contributed by atoms with Crippen LogP contribution in [-0.4, -0.2) is 37.4 Å². The molecule has 0 saturated heterocycles. The van der Waals surface area contributed by atoms with Gasteiger partial charge in [0, 0.05) is 26.7 Å². The number of aliphatic hydroxyl groups is 1. The number of nitrogens with one attached hydrogen (secondary N) is 2. The molecule has 0 saturated carbocycles. The van der Waals surface area contributed by atoms with Gasteiger partial charge in [0.05, 0.1) is 0 Å². The summed E-state index contributed by atoms with van der Waals surface area (Å²) in [7, 11) is 1.72. The molecule has 8 nitrogen and oxygen atoms in total. The number of nitrogens with zero attached hydrogens (tertiary/aromatic N) is 3. The molecule has 0 amide bonds. The minimum Gasteiger partial charge on any atom is -0.396 e. The second kappa shape index (κ2) is 6.57. The van der Waals surface area contributed by atoms with Gasteiger partial charge in [0.25, 0.3) is 5.56 Å². The molecule has 2 rings (SSSR count). The van der Waals surface area contributed by atoms with E-state index >= 15 is 0 Å². The van der Waals surface area contributed by atoms with Crippen LogP contribution < -0.4 is 16.6 Å². The summed E-state index contributed by atoms with van der Waals surface area (Å²) in [5, 5.41) is 11.9. The Kier molecular flexibility index (Phi) is 4.79. The van der Waals surface area contributed by atoms with Crippen LogP contribution in [-0.2, 0) is 13.6 Å². The van der Waals surface area contributed by atoms with Gasteiger partial charge in [-0.25, -0.2) is 4.79 Å². The first-order valence-corrected chi connectivity index (χ1v) is 7.14. The fourth-order valence-corrected chi connectivity index (χ4v) is 2.21. The number of hydrogen-bond donors (Lipinski definition) is 3. The van der Waals surface area contributed by atoms with Crippen LogP contribution in [0.25, 0.3) is 11.2 Å². The molecule has 0 fully saturated rings. The number of hydrogen-bond acceptors (Lipinski definition) is 5. The summed E-state index contributed by atoms with van der Waals surface area (Å²) in [6.45, 7) is 3.19. The van der Waals surface area contributed by atoms with Gasteiger partial charge in [-0.3, -0.25) is 14.3 Å².